The van der Waals surface area contributed by atoms with Gasteiger partial charge in [-0.25, -0.2) is 15.4 Å². The third-order valence-corrected chi connectivity index (χ3v) is 3.40. The molecule has 1 N–H and O–H groups in total. The smallest absolute Gasteiger partial charge is 0.250 e. The fourth-order valence-electron chi connectivity index (χ4n) is 1.61. The van der Waals surface area contributed by atoms with E-state index in [4.69, 9.17) is 4.74 Å². The lowest BCUT2D eigenvalue weighted by atomic mass is 10.2. The molecule has 0 unspecified atom stereocenters. The highest BCUT2D eigenvalue weighted by Gasteiger charge is 2.03. The van der Waals surface area contributed by atoms with Crippen molar-refractivity contribution in [2.75, 3.05) is 5.75 Å². The highest BCUT2D eigenvalue weighted by Crippen LogP contribution is 2.13. The molecule has 0 saturated carbocycles. The van der Waals surface area contributed by atoms with Crippen molar-refractivity contribution in [2.45, 2.75) is 25.1 Å². The quantitative estimate of drug-likeness (QED) is 0.365. The van der Waals surface area contributed by atoms with Crippen LogP contribution in [0, 0.1) is 0 Å². The topological polar surface area (TPSA) is 76.5 Å². The summed E-state index contributed by atoms with van der Waals surface area (Å²) in [6, 6.07) is 9.21. The largest absolute Gasteiger partial charge is 0.491 e. The molecule has 1 heterocycles. The molecule has 0 radical (unpaired) electrons. The second-order valence-corrected chi connectivity index (χ2v) is 5.79. The number of ether oxygens (including phenoxy) is 1. The minimum atomic E-state index is -0.210. The average Bonchev–Trinajstić information content (AvgIpc) is 2.55. The minimum Gasteiger partial charge on any atom is -0.491 e. The van der Waals surface area contributed by atoms with Crippen molar-refractivity contribution < 1.29 is 9.53 Å². The molecule has 2 rings (SSSR count). The van der Waals surface area contributed by atoms with Crippen LogP contribution in [0.2, 0.25) is 0 Å². The number of carbonyl (C=O) groups excluding carboxylic acids is 1. The first kappa shape index (κ1) is 17.0. The standard InChI is InChI=1S/C16H18N4O2S/c1-12(2)22-14-6-4-13(5-7-14)10-19-20-15(21)11-23-16-17-8-3-9-18-16/h3-10,12H,11H2,1-2H3,(H,20,21)/b19-10-. The van der Waals surface area contributed by atoms with Gasteiger partial charge < -0.3 is 4.74 Å². The van der Waals surface area contributed by atoms with Crippen LogP contribution in [-0.2, 0) is 4.79 Å². The maximum absolute atomic E-state index is 11.7. The number of carbonyl (C=O) groups is 1. The summed E-state index contributed by atoms with van der Waals surface area (Å²) < 4.78 is 5.56. The third kappa shape index (κ3) is 6.48. The number of thioether (sulfide) groups is 1. The van der Waals surface area contributed by atoms with E-state index in [2.05, 4.69) is 20.5 Å². The van der Waals surface area contributed by atoms with Gasteiger partial charge in [-0.1, -0.05) is 11.8 Å². The molecule has 6 nitrogen and oxygen atoms in total. The van der Waals surface area contributed by atoms with Crippen molar-refractivity contribution in [3.8, 4) is 5.75 Å². The maximum Gasteiger partial charge on any atom is 0.250 e. The monoisotopic (exact) mass is 330 g/mol. The zero-order chi connectivity index (χ0) is 16.5. The van der Waals surface area contributed by atoms with Gasteiger partial charge in [0.15, 0.2) is 5.16 Å². The van der Waals surface area contributed by atoms with E-state index in [1.165, 1.54) is 11.8 Å². The van der Waals surface area contributed by atoms with Crippen LogP contribution >= 0.6 is 11.8 Å². The predicted octanol–water partition coefficient (Wildman–Crippen LogP) is 2.51. The van der Waals surface area contributed by atoms with Gasteiger partial charge >= 0.3 is 0 Å². The maximum atomic E-state index is 11.7. The number of aromatic nitrogens is 2. The Morgan fingerprint density at radius 2 is 2.00 bits per heavy atom. The van der Waals surface area contributed by atoms with Crippen LogP contribution in [0.15, 0.2) is 53.0 Å². The van der Waals surface area contributed by atoms with Crippen molar-refractivity contribution in [3.05, 3.63) is 48.3 Å². The van der Waals surface area contributed by atoms with Crippen molar-refractivity contribution in [1.82, 2.24) is 15.4 Å². The highest BCUT2D eigenvalue weighted by molar-refractivity contribution is 7.99. The van der Waals surface area contributed by atoms with Gasteiger partial charge in [0.1, 0.15) is 5.75 Å². The number of nitrogens with one attached hydrogen (secondary N) is 1. The Hall–Kier alpha value is -2.41. The molecular formula is C16H18N4O2S. The number of rotatable bonds is 7. The first-order valence-electron chi connectivity index (χ1n) is 7.12. The summed E-state index contributed by atoms with van der Waals surface area (Å²) in [6.45, 7) is 3.95. The number of nitrogens with zero attached hydrogens (tertiary/aromatic N) is 3. The number of hydrazone groups is 1. The lowest BCUT2D eigenvalue weighted by Crippen LogP contribution is -2.19. The van der Waals surface area contributed by atoms with Gasteiger partial charge in [0.05, 0.1) is 18.1 Å². The third-order valence-electron chi connectivity index (χ3n) is 2.53. The zero-order valence-corrected chi connectivity index (χ0v) is 13.8. The summed E-state index contributed by atoms with van der Waals surface area (Å²) in [5, 5.41) is 4.49. The van der Waals surface area contributed by atoms with E-state index >= 15 is 0 Å². The Bertz CT molecular complexity index is 645. The average molecular weight is 330 g/mol. The summed E-state index contributed by atoms with van der Waals surface area (Å²) >= 11 is 1.26. The summed E-state index contributed by atoms with van der Waals surface area (Å²) in [7, 11) is 0. The lowest BCUT2D eigenvalue weighted by Gasteiger charge is -2.09. The molecule has 0 saturated heterocycles. The fraction of sp³-hybridized carbons (Fsp3) is 0.250. The van der Waals surface area contributed by atoms with E-state index in [1.54, 1.807) is 24.7 Å². The molecule has 2 aromatic rings. The van der Waals surface area contributed by atoms with E-state index in [0.717, 1.165) is 11.3 Å². The molecule has 120 valence electrons. The van der Waals surface area contributed by atoms with Gasteiger partial charge in [0.25, 0.3) is 5.91 Å². The Balaban J connectivity index is 1.76. The van der Waals surface area contributed by atoms with E-state index in [0.29, 0.717) is 5.16 Å². The number of amides is 1. The predicted molar refractivity (Wildman–Crippen MR) is 90.7 cm³/mol. The second kappa shape index (κ2) is 8.89. The van der Waals surface area contributed by atoms with Gasteiger partial charge in [0.2, 0.25) is 0 Å². The van der Waals surface area contributed by atoms with Gasteiger partial charge in [-0.3, -0.25) is 4.79 Å². The normalized spacial score (nSPS) is 10.9. The zero-order valence-electron chi connectivity index (χ0n) is 13.0. The molecule has 1 aromatic heterocycles. The van der Waals surface area contributed by atoms with Crippen LogP contribution in [0.3, 0.4) is 0 Å². The summed E-state index contributed by atoms with van der Waals surface area (Å²) in [4.78, 5) is 19.7. The van der Waals surface area contributed by atoms with Crippen LogP contribution in [0.5, 0.6) is 5.75 Å². The molecule has 0 bridgehead atoms. The molecule has 1 amide bonds. The molecular weight excluding hydrogens is 312 g/mol. The molecule has 0 atom stereocenters. The van der Waals surface area contributed by atoms with E-state index in [9.17, 15) is 4.79 Å². The minimum absolute atomic E-state index is 0.139. The highest BCUT2D eigenvalue weighted by atomic mass is 32.2. The first-order chi connectivity index (χ1) is 11.1. The molecule has 0 aliphatic heterocycles. The van der Waals surface area contributed by atoms with E-state index in [-0.39, 0.29) is 17.8 Å². The summed E-state index contributed by atoms with van der Waals surface area (Å²) in [5.41, 5.74) is 3.35. The molecule has 1 aromatic carbocycles. The van der Waals surface area contributed by atoms with Crippen LogP contribution in [0.4, 0.5) is 0 Å². The Kier molecular flexibility index (Phi) is 6.56. The Morgan fingerprint density at radius 3 is 2.65 bits per heavy atom. The van der Waals surface area contributed by atoms with E-state index in [1.807, 2.05) is 38.1 Å². The van der Waals surface area contributed by atoms with Crippen molar-refractivity contribution in [2.24, 2.45) is 5.10 Å². The molecule has 0 aliphatic carbocycles. The first-order valence-corrected chi connectivity index (χ1v) is 8.10. The number of hydrogen-bond acceptors (Lipinski definition) is 6. The van der Waals surface area contributed by atoms with Crippen molar-refractivity contribution in [1.29, 1.82) is 0 Å². The van der Waals surface area contributed by atoms with Crippen LogP contribution in [0.1, 0.15) is 19.4 Å². The van der Waals surface area contributed by atoms with Crippen molar-refractivity contribution >= 4 is 23.9 Å². The molecule has 7 heteroatoms. The van der Waals surface area contributed by atoms with Crippen LogP contribution in [-0.4, -0.2) is 33.9 Å². The van der Waals surface area contributed by atoms with Gasteiger partial charge in [-0.05, 0) is 49.7 Å². The van der Waals surface area contributed by atoms with Gasteiger partial charge in [-0.15, -0.1) is 0 Å². The van der Waals surface area contributed by atoms with Gasteiger partial charge in [0, 0.05) is 12.4 Å². The Morgan fingerprint density at radius 1 is 1.30 bits per heavy atom. The lowest BCUT2D eigenvalue weighted by molar-refractivity contribution is -0.118. The molecule has 0 aliphatic rings. The molecule has 0 spiro atoms. The van der Waals surface area contributed by atoms with E-state index < -0.39 is 0 Å². The number of benzene rings is 1. The second-order valence-electron chi connectivity index (χ2n) is 4.85. The van der Waals surface area contributed by atoms with Crippen LogP contribution in [0.25, 0.3) is 0 Å². The van der Waals surface area contributed by atoms with Crippen LogP contribution < -0.4 is 10.2 Å². The van der Waals surface area contributed by atoms with Gasteiger partial charge in [-0.2, -0.15) is 5.10 Å². The van der Waals surface area contributed by atoms with Crippen molar-refractivity contribution in [3.63, 3.8) is 0 Å². The summed E-state index contributed by atoms with van der Waals surface area (Å²) in [5.74, 6) is 0.807. The molecule has 23 heavy (non-hydrogen) atoms. The SMILES string of the molecule is CC(C)Oc1ccc(/C=N\NC(=O)CSc2ncccn2)cc1. The molecule has 0 fully saturated rings. The summed E-state index contributed by atoms with van der Waals surface area (Å²) in [6.07, 6.45) is 5.00. The fourth-order valence-corrected chi connectivity index (χ4v) is 2.20. The number of hydrogen-bond donors (Lipinski definition) is 1. The Labute approximate surface area is 139 Å².